The summed E-state index contributed by atoms with van der Waals surface area (Å²) in [6.45, 7) is 1.60. The predicted octanol–water partition coefficient (Wildman–Crippen LogP) is 4.24. The summed E-state index contributed by atoms with van der Waals surface area (Å²) in [5.41, 5.74) is 0.305. The smallest absolute Gasteiger partial charge is 0.143 e. The van der Waals surface area contributed by atoms with E-state index in [0.29, 0.717) is 16.5 Å². The lowest BCUT2D eigenvalue weighted by Gasteiger charge is -2.11. The number of benzene rings is 2. The molecule has 0 amide bonds. The van der Waals surface area contributed by atoms with E-state index in [1.165, 1.54) is 24.3 Å². The summed E-state index contributed by atoms with van der Waals surface area (Å²) < 4.78 is 46.2. The molecule has 1 N–H and O–H groups in total. The van der Waals surface area contributed by atoms with Gasteiger partial charge in [0.1, 0.15) is 34.9 Å². The molecule has 0 saturated heterocycles. The van der Waals surface area contributed by atoms with Crippen LogP contribution in [0.5, 0.6) is 0 Å². The Morgan fingerprint density at radius 3 is 2.38 bits per heavy atom. The fraction of sp³-hybridized carbons (Fsp3) is 0.125. The molecule has 0 fully saturated rings. The average Bonchev–Trinajstić information content (AvgIpc) is 2.76. The summed E-state index contributed by atoms with van der Waals surface area (Å²) in [7, 11) is 0. The van der Waals surface area contributed by atoms with Gasteiger partial charge in [0.25, 0.3) is 0 Å². The van der Waals surface area contributed by atoms with Crippen molar-refractivity contribution in [3.8, 4) is 0 Å². The van der Waals surface area contributed by atoms with Crippen LogP contribution in [0.25, 0.3) is 11.0 Å². The van der Waals surface area contributed by atoms with E-state index < -0.39 is 29.1 Å². The fourth-order valence-electron chi connectivity index (χ4n) is 2.38. The van der Waals surface area contributed by atoms with Crippen LogP contribution in [-0.4, -0.2) is 5.11 Å². The van der Waals surface area contributed by atoms with E-state index in [4.69, 9.17) is 4.42 Å². The van der Waals surface area contributed by atoms with Crippen molar-refractivity contribution in [3.63, 3.8) is 0 Å². The molecule has 0 aliphatic carbocycles. The molecule has 21 heavy (non-hydrogen) atoms. The number of aliphatic hydroxyl groups excluding tert-OH is 1. The second kappa shape index (κ2) is 4.93. The highest BCUT2D eigenvalue weighted by atomic mass is 19.1. The highest BCUT2D eigenvalue weighted by Gasteiger charge is 2.25. The molecule has 2 aromatic carbocycles. The molecule has 1 aromatic heterocycles. The van der Waals surface area contributed by atoms with Crippen molar-refractivity contribution in [2.75, 3.05) is 0 Å². The Bertz CT molecular complexity index is 803. The molecule has 0 aliphatic heterocycles. The van der Waals surface area contributed by atoms with Crippen LogP contribution >= 0.6 is 0 Å². The van der Waals surface area contributed by atoms with E-state index in [2.05, 4.69) is 0 Å². The minimum atomic E-state index is -1.60. The molecule has 0 radical (unpaired) electrons. The fourth-order valence-corrected chi connectivity index (χ4v) is 2.38. The van der Waals surface area contributed by atoms with Crippen molar-refractivity contribution in [2.45, 2.75) is 13.0 Å². The first-order chi connectivity index (χ1) is 9.99. The molecule has 108 valence electrons. The number of furan rings is 1. The lowest BCUT2D eigenvalue weighted by molar-refractivity contribution is 0.181. The predicted molar refractivity (Wildman–Crippen MR) is 71.3 cm³/mol. The van der Waals surface area contributed by atoms with Crippen molar-refractivity contribution < 1.29 is 22.7 Å². The summed E-state index contributed by atoms with van der Waals surface area (Å²) in [5, 5.41) is 10.7. The summed E-state index contributed by atoms with van der Waals surface area (Å²) in [6, 6.07) is 7.19. The van der Waals surface area contributed by atoms with Crippen molar-refractivity contribution in [1.29, 1.82) is 0 Å². The zero-order chi connectivity index (χ0) is 15.1. The van der Waals surface area contributed by atoms with Gasteiger partial charge in [0, 0.05) is 10.9 Å². The topological polar surface area (TPSA) is 33.4 Å². The second-order valence-electron chi connectivity index (χ2n) is 4.77. The number of hydrogen-bond acceptors (Lipinski definition) is 2. The first-order valence-electron chi connectivity index (χ1n) is 6.29. The van der Waals surface area contributed by atoms with Gasteiger partial charge in [0.2, 0.25) is 0 Å². The Balaban J connectivity index is 2.18. The standard InChI is InChI=1S/C16H11F3O2/c1-8-10-7-9(17)5-6-13(10)21-16(8)15(20)14-11(18)3-2-4-12(14)19/h2-7,15,20H,1H3. The summed E-state index contributed by atoms with van der Waals surface area (Å²) >= 11 is 0. The lowest BCUT2D eigenvalue weighted by Crippen LogP contribution is -2.05. The van der Waals surface area contributed by atoms with E-state index in [0.717, 1.165) is 12.1 Å². The normalized spacial score (nSPS) is 12.8. The van der Waals surface area contributed by atoms with Crippen molar-refractivity contribution in [2.24, 2.45) is 0 Å². The van der Waals surface area contributed by atoms with Gasteiger partial charge >= 0.3 is 0 Å². The SMILES string of the molecule is Cc1c(C(O)c2c(F)cccc2F)oc2ccc(F)cc12. The molecule has 0 aliphatic rings. The molecule has 1 atom stereocenters. The zero-order valence-corrected chi connectivity index (χ0v) is 11.0. The Morgan fingerprint density at radius 2 is 1.71 bits per heavy atom. The van der Waals surface area contributed by atoms with Crippen molar-refractivity contribution in [1.82, 2.24) is 0 Å². The number of hydrogen-bond donors (Lipinski definition) is 1. The Morgan fingerprint density at radius 1 is 1.05 bits per heavy atom. The molecule has 3 rings (SSSR count). The van der Waals surface area contributed by atoms with Gasteiger partial charge in [-0.1, -0.05) is 6.07 Å². The highest BCUT2D eigenvalue weighted by molar-refractivity contribution is 5.82. The van der Waals surface area contributed by atoms with Crippen LogP contribution < -0.4 is 0 Å². The lowest BCUT2D eigenvalue weighted by atomic mass is 10.0. The molecule has 0 saturated carbocycles. The van der Waals surface area contributed by atoms with E-state index in [-0.39, 0.29) is 5.76 Å². The third-order valence-electron chi connectivity index (χ3n) is 3.46. The average molecular weight is 292 g/mol. The maximum atomic E-state index is 13.7. The molecule has 1 unspecified atom stereocenters. The van der Waals surface area contributed by atoms with Crippen LogP contribution in [0.4, 0.5) is 13.2 Å². The Hall–Kier alpha value is -2.27. The maximum absolute atomic E-state index is 13.7. The van der Waals surface area contributed by atoms with Crippen LogP contribution in [0, 0.1) is 24.4 Å². The van der Waals surface area contributed by atoms with Crippen molar-refractivity contribution in [3.05, 3.63) is 70.7 Å². The maximum Gasteiger partial charge on any atom is 0.143 e. The van der Waals surface area contributed by atoms with E-state index in [1.807, 2.05) is 0 Å². The van der Waals surface area contributed by atoms with E-state index in [9.17, 15) is 18.3 Å². The molecule has 5 heteroatoms. The summed E-state index contributed by atoms with van der Waals surface area (Å²) in [4.78, 5) is 0. The minimum absolute atomic E-state index is 0.000370. The van der Waals surface area contributed by atoms with Gasteiger partial charge in [-0.3, -0.25) is 0 Å². The number of rotatable bonds is 2. The van der Waals surface area contributed by atoms with Gasteiger partial charge in [-0.05, 0) is 37.3 Å². The summed E-state index contributed by atoms with van der Waals surface area (Å²) in [6.07, 6.45) is -1.60. The van der Waals surface area contributed by atoms with Crippen LogP contribution in [-0.2, 0) is 0 Å². The number of aliphatic hydroxyl groups is 1. The minimum Gasteiger partial charge on any atom is -0.458 e. The third-order valence-corrected chi connectivity index (χ3v) is 3.46. The van der Waals surface area contributed by atoms with Crippen LogP contribution in [0.15, 0.2) is 40.8 Å². The first-order valence-corrected chi connectivity index (χ1v) is 6.29. The second-order valence-corrected chi connectivity index (χ2v) is 4.77. The number of fused-ring (bicyclic) bond motifs is 1. The van der Waals surface area contributed by atoms with Crippen molar-refractivity contribution >= 4 is 11.0 Å². The first kappa shape index (κ1) is 13.7. The van der Waals surface area contributed by atoms with Gasteiger partial charge in [-0.25, -0.2) is 13.2 Å². The van der Waals surface area contributed by atoms with E-state index >= 15 is 0 Å². The van der Waals surface area contributed by atoms with Gasteiger partial charge in [0.15, 0.2) is 0 Å². The zero-order valence-electron chi connectivity index (χ0n) is 11.0. The molecular weight excluding hydrogens is 281 g/mol. The largest absolute Gasteiger partial charge is 0.458 e. The molecule has 3 aromatic rings. The molecular formula is C16H11F3O2. The van der Waals surface area contributed by atoms with Crippen LogP contribution in [0.1, 0.15) is 23.0 Å². The van der Waals surface area contributed by atoms with Crippen LogP contribution in [0.2, 0.25) is 0 Å². The quantitative estimate of drug-likeness (QED) is 0.766. The Labute approximate surface area is 118 Å². The molecule has 0 spiro atoms. The third kappa shape index (κ3) is 2.19. The van der Waals surface area contributed by atoms with E-state index in [1.54, 1.807) is 6.92 Å². The molecule has 1 heterocycles. The number of aryl methyl sites for hydroxylation is 1. The monoisotopic (exact) mass is 292 g/mol. The van der Waals surface area contributed by atoms with Gasteiger partial charge in [-0.2, -0.15) is 0 Å². The van der Waals surface area contributed by atoms with Gasteiger partial charge in [0.05, 0.1) is 5.56 Å². The van der Waals surface area contributed by atoms with Gasteiger partial charge in [-0.15, -0.1) is 0 Å². The van der Waals surface area contributed by atoms with Gasteiger partial charge < -0.3 is 9.52 Å². The highest BCUT2D eigenvalue weighted by Crippen LogP contribution is 2.34. The summed E-state index contributed by atoms with van der Waals surface area (Å²) in [5.74, 6) is -2.19. The molecule has 0 bridgehead atoms. The Kier molecular flexibility index (Phi) is 3.22. The molecule has 2 nitrogen and oxygen atoms in total. The number of halogens is 3. The van der Waals surface area contributed by atoms with Crippen LogP contribution in [0.3, 0.4) is 0 Å².